The van der Waals surface area contributed by atoms with Crippen LogP contribution >= 0.6 is 0 Å². The van der Waals surface area contributed by atoms with E-state index < -0.39 is 0 Å². The monoisotopic (exact) mass is 169 g/mol. The molecule has 0 bridgehead atoms. The van der Waals surface area contributed by atoms with Crippen molar-refractivity contribution in [1.82, 2.24) is 26.2 Å². The summed E-state index contributed by atoms with van der Waals surface area (Å²) in [4.78, 5) is 5.06. The molecule has 0 aromatic heterocycles. The van der Waals surface area contributed by atoms with E-state index in [1.54, 1.807) is 0 Å². The number of nitrogens with zero attached hydrogens (tertiary/aromatic N) is 3. The van der Waals surface area contributed by atoms with Crippen molar-refractivity contribution < 1.29 is 4.84 Å². The highest BCUT2D eigenvalue weighted by molar-refractivity contribution is 5.07. The second-order valence-corrected chi connectivity index (χ2v) is 3.00. The molecule has 3 rings (SSSR count). The molecular formula is C6H11N5O. The largest absolute Gasteiger partial charge is 0.309 e. The second kappa shape index (κ2) is 2.33. The summed E-state index contributed by atoms with van der Waals surface area (Å²) < 4.78 is 0. The first-order chi connectivity index (χ1) is 5.95. The van der Waals surface area contributed by atoms with E-state index in [4.69, 9.17) is 4.84 Å². The summed E-state index contributed by atoms with van der Waals surface area (Å²) in [6, 6.07) is 0. The van der Waals surface area contributed by atoms with Gasteiger partial charge in [0.1, 0.15) is 0 Å². The van der Waals surface area contributed by atoms with Crippen molar-refractivity contribution in [3.05, 3.63) is 11.9 Å². The SMILES string of the molecule is C1=C2CNCCN2N2CONN12. The highest BCUT2D eigenvalue weighted by Gasteiger charge is 2.35. The Labute approximate surface area is 70.2 Å². The third-order valence-corrected chi connectivity index (χ3v) is 2.27. The van der Waals surface area contributed by atoms with Crippen LogP contribution in [0, 0.1) is 0 Å². The lowest BCUT2D eigenvalue weighted by Crippen LogP contribution is -2.49. The lowest BCUT2D eigenvalue weighted by molar-refractivity contribution is -0.0989. The summed E-state index contributed by atoms with van der Waals surface area (Å²) in [5, 5.41) is 9.43. The molecule has 0 spiro atoms. The Hall–Kier alpha value is -0.820. The van der Waals surface area contributed by atoms with Gasteiger partial charge in [0.05, 0.1) is 11.9 Å². The summed E-state index contributed by atoms with van der Waals surface area (Å²) in [5.41, 5.74) is 4.08. The standard InChI is InChI=1S/C6H11N5O/c1-2-9-6(3-7-1)4-10-8-12-5-11(9)10/h4,7-8H,1-3,5H2. The van der Waals surface area contributed by atoms with Crippen LogP contribution in [-0.2, 0) is 4.84 Å². The van der Waals surface area contributed by atoms with Crippen molar-refractivity contribution in [2.75, 3.05) is 26.4 Å². The zero-order chi connectivity index (χ0) is 7.97. The van der Waals surface area contributed by atoms with Crippen molar-refractivity contribution in [3.8, 4) is 0 Å². The molecule has 3 aliphatic rings. The van der Waals surface area contributed by atoms with E-state index in [0.29, 0.717) is 6.73 Å². The van der Waals surface area contributed by atoms with Gasteiger partial charge in [-0.3, -0.25) is 9.85 Å². The van der Waals surface area contributed by atoms with Gasteiger partial charge >= 0.3 is 0 Å². The maximum absolute atomic E-state index is 5.06. The Morgan fingerprint density at radius 3 is 3.50 bits per heavy atom. The highest BCUT2D eigenvalue weighted by Crippen LogP contribution is 2.22. The molecule has 6 nitrogen and oxygen atoms in total. The lowest BCUT2D eigenvalue weighted by Gasteiger charge is -2.32. The minimum absolute atomic E-state index is 0.583. The Kier molecular flexibility index (Phi) is 1.30. The van der Waals surface area contributed by atoms with Crippen LogP contribution in [0.2, 0.25) is 0 Å². The zero-order valence-electron chi connectivity index (χ0n) is 6.66. The Morgan fingerprint density at radius 2 is 2.50 bits per heavy atom. The summed E-state index contributed by atoms with van der Waals surface area (Å²) in [7, 11) is 0. The molecule has 0 saturated carbocycles. The Balaban J connectivity index is 1.87. The molecule has 2 fully saturated rings. The summed E-state index contributed by atoms with van der Waals surface area (Å²) in [6.45, 7) is 3.56. The molecule has 0 aliphatic carbocycles. The van der Waals surface area contributed by atoms with E-state index >= 15 is 0 Å². The van der Waals surface area contributed by atoms with E-state index in [-0.39, 0.29) is 0 Å². The van der Waals surface area contributed by atoms with Gasteiger partial charge in [-0.2, -0.15) is 5.12 Å². The molecule has 0 amide bonds. The average molecular weight is 169 g/mol. The zero-order valence-corrected chi connectivity index (χ0v) is 6.66. The second-order valence-electron chi connectivity index (χ2n) is 3.00. The average Bonchev–Trinajstić information content (AvgIpc) is 2.62. The van der Waals surface area contributed by atoms with Crippen LogP contribution in [0.3, 0.4) is 0 Å². The van der Waals surface area contributed by atoms with Crippen molar-refractivity contribution in [3.63, 3.8) is 0 Å². The molecule has 12 heavy (non-hydrogen) atoms. The molecule has 3 aliphatic heterocycles. The van der Waals surface area contributed by atoms with E-state index in [2.05, 4.69) is 15.9 Å². The molecule has 0 radical (unpaired) electrons. The van der Waals surface area contributed by atoms with Crippen molar-refractivity contribution in [2.45, 2.75) is 0 Å². The molecule has 2 saturated heterocycles. The quantitative estimate of drug-likeness (QED) is 0.464. The van der Waals surface area contributed by atoms with Gasteiger partial charge in [-0.15, -0.1) is 0 Å². The highest BCUT2D eigenvalue weighted by atomic mass is 16.7. The van der Waals surface area contributed by atoms with Crippen LogP contribution in [0.5, 0.6) is 0 Å². The maximum atomic E-state index is 5.06. The third kappa shape index (κ3) is 0.774. The summed E-state index contributed by atoms with van der Waals surface area (Å²) in [5.74, 6) is 0. The van der Waals surface area contributed by atoms with Gasteiger partial charge in [-0.1, -0.05) is 10.7 Å². The van der Waals surface area contributed by atoms with Crippen LogP contribution in [-0.4, -0.2) is 41.6 Å². The van der Waals surface area contributed by atoms with E-state index in [1.807, 2.05) is 16.4 Å². The molecule has 0 aromatic rings. The Morgan fingerprint density at radius 1 is 1.50 bits per heavy atom. The van der Waals surface area contributed by atoms with Gasteiger partial charge in [-0.05, 0) is 0 Å². The fraction of sp³-hybridized carbons (Fsp3) is 0.667. The number of piperazine rings is 1. The van der Waals surface area contributed by atoms with Crippen LogP contribution in [0.1, 0.15) is 0 Å². The predicted molar refractivity (Wildman–Crippen MR) is 40.4 cm³/mol. The van der Waals surface area contributed by atoms with Crippen molar-refractivity contribution >= 4 is 0 Å². The van der Waals surface area contributed by atoms with E-state index in [9.17, 15) is 0 Å². The van der Waals surface area contributed by atoms with Gasteiger partial charge in [-0.25, -0.2) is 0 Å². The van der Waals surface area contributed by atoms with Gasteiger partial charge in [0, 0.05) is 19.6 Å². The molecular weight excluding hydrogens is 158 g/mol. The molecule has 0 atom stereocenters. The number of nitrogens with one attached hydrogen (secondary N) is 2. The molecule has 2 N–H and O–H groups in total. The summed E-state index contributed by atoms with van der Waals surface area (Å²) in [6.07, 6.45) is 2.04. The fourth-order valence-electron chi connectivity index (χ4n) is 1.69. The number of hydrogen-bond acceptors (Lipinski definition) is 6. The molecule has 0 aromatic carbocycles. The molecule has 3 heterocycles. The van der Waals surface area contributed by atoms with Crippen LogP contribution in [0.15, 0.2) is 11.9 Å². The lowest BCUT2D eigenvalue weighted by atomic mass is 10.3. The normalized spacial score (nSPS) is 28.8. The first kappa shape index (κ1) is 6.67. The van der Waals surface area contributed by atoms with Gasteiger partial charge in [0.2, 0.25) is 0 Å². The topological polar surface area (TPSA) is 43.0 Å². The van der Waals surface area contributed by atoms with Crippen LogP contribution in [0.25, 0.3) is 0 Å². The first-order valence-electron chi connectivity index (χ1n) is 4.08. The molecule has 6 heteroatoms. The molecule has 0 unspecified atom stereocenters. The predicted octanol–water partition coefficient (Wildman–Crippen LogP) is -1.41. The minimum Gasteiger partial charge on any atom is -0.309 e. The molecule has 66 valence electrons. The number of rotatable bonds is 0. The minimum atomic E-state index is 0.583. The number of hydrazine groups is 3. The van der Waals surface area contributed by atoms with Gasteiger partial charge < -0.3 is 5.32 Å². The van der Waals surface area contributed by atoms with Crippen LogP contribution < -0.4 is 10.9 Å². The van der Waals surface area contributed by atoms with Gasteiger partial charge in [0.25, 0.3) is 0 Å². The van der Waals surface area contributed by atoms with E-state index in [1.165, 1.54) is 5.70 Å². The number of hydrogen-bond donors (Lipinski definition) is 2. The van der Waals surface area contributed by atoms with E-state index in [0.717, 1.165) is 19.6 Å². The van der Waals surface area contributed by atoms with Crippen LogP contribution in [0.4, 0.5) is 0 Å². The summed E-state index contributed by atoms with van der Waals surface area (Å²) >= 11 is 0. The fourth-order valence-corrected chi connectivity index (χ4v) is 1.69. The third-order valence-electron chi connectivity index (χ3n) is 2.27. The first-order valence-corrected chi connectivity index (χ1v) is 4.08. The number of fused-ring (bicyclic) bond motifs is 3. The van der Waals surface area contributed by atoms with Gasteiger partial charge in [0.15, 0.2) is 6.73 Å². The smallest absolute Gasteiger partial charge is 0.162 e. The Bertz CT molecular complexity index is 230. The van der Waals surface area contributed by atoms with Crippen molar-refractivity contribution in [2.24, 2.45) is 0 Å². The van der Waals surface area contributed by atoms with Crippen molar-refractivity contribution in [1.29, 1.82) is 0 Å². The maximum Gasteiger partial charge on any atom is 0.162 e.